The molecule has 0 aliphatic heterocycles. The molecule has 1 atom stereocenters. The van der Waals surface area contributed by atoms with Gasteiger partial charge in [-0.05, 0) is 6.42 Å². The largest absolute Gasteiger partial charge is 0.328 e. The normalized spacial score (nSPS) is 14.7. The molecule has 1 N–H and O–H groups in total. The van der Waals surface area contributed by atoms with E-state index in [9.17, 15) is 4.57 Å². The zero-order valence-electron chi connectivity index (χ0n) is 6.90. The lowest BCUT2D eigenvalue weighted by molar-refractivity contribution is 0.287. The summed E-state index contributed by atoms with van der Waals surface area (Å²) in [5.74, 6) is 2.39. The van der Waals surface area contributed by atoms with Crippen molar-refractivity contribution in [2.75, 3.05) is 12.8 Å². The van der Waals surface area contributed by atoms with Gasteiger partial charge in [0.05, 0.1) is 12.8 Å². The first-order valence-corrected chi connectivity index (χ1v) is 5.39. The quantitative estimate of drug-likeness (QED) is 0.299. The predicted octanol–water partition coefficient (Wildman–Crippen LogP) is 1.79. The molecule has 0 saturated carbocycles. The molecule has 0 radical (unpaired) electrons. The van der Waals surface area contributed by atoms with E-state index in [1.807, 2.05) is 0 Å². The minimum atomic E-state index is -3.41. The summed E-state index contributed by atoms with van der Waals surface area (Å²) in [5, 5.41) is 0. The summed E-state index contributed by atoms with van der Waals surface area (Å²) in [6.07, 6.45) is 7.55. The van der Waals surface area contributed by atoms with Crippen LogP contribution in [0.1, 0.15) is 12.8 Å². The first-order valence-electron chi connectivity index (χ1n) is 3.63. The van der Waals surface area contributed by atoms with Crippen LogP contribution in [0.25, 0.3) is 0 Å². The van der Waals surface area contributed by atoms with E-state index in [2.05, 4.69) is 17.0 Å². The van der Waals surface area contributed by atoms with Crippen LogP contribution in [0.15, 0.2) is 12.7 Å². The lowest BCUT2D eigenvalue weighted by Gasteiger charge is -2.08. The van der Waals surface area contributed by atoms with Crippen LogP contribution < -0.4 is 0 Å². The van der Waals surface area contributed by atoms with Gasteiger partial charge in [-0.1, -0.05) is 6.08 Å². The lowest BCUT2D eigenvalue weighted by atomic mass is 10.4. The van der Waals surface area contributed by atoms with Gasteiger partial charge in [0.15, 0.2) is 0 Å². The van der Waals surface area contributed by atoms with Crippen molar-refractivity contribution in [1.82, 2.24) is 0 Å². The number of hydrogen-bond acceptors (Lipinski definition) is 2. The Labute approximate surface area is 73.0 Å². The zero-order chi connectivity index (χ0) is 9.45. The SMILES string of the molecule is C#CCCCP(=O)(O)OCC=C. The second-order valence-corrected chi connectivity index (χ2v) is 4.23. The van der Waals surface area contributed by atoms with Gasteiger partial charge in [0, 0.05) is 6.42 Å². The van der Waals surface area contributed by atoms with E-state index in [0.717, 1.165) is 0 Å². The summed E-state index contributed by atoms with van der Waals surface area (Å²) >= 11 is 0. The summed E-state index contributed by atoms with van der Waals surface area (Å²) in [5.41, 5.74) is 0. The van der Waals surface area contributed by atoms with Gasteiger partial charge in [0.25, 0.3) is 0 Å². The van der Waals surface area contributed by atoms with E-state index < -0.39 is 7.60 Å². The van der Waals surface area contributed by atoms with Crippen molar-refractivity contribution >= 4 is 7.60 Å². The molecule has 0 spiro atoms. The van der Waals surface area contributed by atoms with Gasteiger partial charge in [-0.2, -0.15) is 0 Å². The molecule has 1 unspecified atom stereocenters. The highest BCUT2D eigenvalue weighted by Crippen LogP contribution is 2.42. The minimum absolute atomic E-state index is 0.101. The van der Waals surface area contributed by atoms with Crippen LogP contribution in [-0.4, -0.2) is 17.7 Å². The molecule has 0 fully saturated rings. The third kappa shape index (κ3) is 6.18. The molecule has 3 nitrogen and oxygen atoms in total. The zero-order valence-corrected chi connectivity index (χ0v) is 7.80. The van der Waals surface area contributed by atoms with Crippen molar-refractivity contribution in [2.45, 2.75) is 12.8 Å². The maximum absolute atomic E-state index is 11.1. The van der Waals surface area contributed by atoms with Crippen molar-refractivity contribution in [3.8, 4) is 12.3 Å². The Morgan fingerprint density at radius 3 is 2.92 bits per heavy atom. The van der Waals surface area contributed by atoms with Gasteiger partial charge < -0.3 is 9.42 Å². The first-order chi connectivity index (χ1) is 5.62. The summed E-state index contributed by atoms with van der Waals surface area (Å²) in [6, 6.07) is 0. The number of rotatable bonds is 6. The highest BCUT2D eigenvalue weighted by molar-refractivity contribution is 7.52. The molecular weight excluding hydrogens is 175 g/mol. The van der Waals surface area contributed by atoms with E-state index in [1.165, 1.54) is 6.08 Å². The van der Waals surface area contributed by atoms with Gasteiger partial charge in [0.1, 0.15) is 0 Å². The highest BCUT2D eigenvalue weighted by atomic mass is 31.2. The topological polar surface area (TPSA) is 46.5 Å². The average molecular weight is 188 g/mol. The summed E-state index contributed by atoms with van der Waals surface area (Å²) in [7, 11) is -3.41. The van der Waals surface area contributed by atoms with Gasteiger partial charge >= 0.3 is 7.60 Å². The molecule has 0 amide bonds. The fraction of sp³-hybridized carbons (Fsp3) is 0.500. The first kappa shape index (κ1) is 11.4. The Hall–Kier alpha value is -0.550. The van der Waals surface area contributed by atoms with Crippen LogP contribution >= 0.6 is 7.60 Å². The van der Waals surface area contributed by atoms with Crippen LogP contribution in [0.2, 0.25) is 0 Å². The summed E-state index contributed by atoms with van der Waals surface area (Å²) in [4.78, 5) is 9.09. The molecule has 0 rings (SSSR count). The van der Waals surface area contributed by atoms with Crippen LogP contribution in [0.3, 0.4) is 0 Å². The Morgan fingerprint density at radius 1 is 1.75 bits per heavy atom. The minimum Gasteiger partial charge on any atom is -0.324 e. The molecule has 68 valence electrons. The van der Waals surface area contributed by atoms with Crippen LogP contribution in [-0.2, 0) is 9.09 Å². The monoisotopic (exact) mass is 188 g/mol. The van der Waals surface area contributed by atoms with Crippen molar-refractivity contribution in [2.24, 2.45) is 0 Å². The Morgan fingerprint density at radius 2 is 2.42 bits per heavy atom. The summed E-state index contributed by atoms with van der Waals surface area (Å²) in [6.45, 7) is 3.47. The van der Waals surface area contributed by atoms with Crippen molar-refractivity contribution < 1.29 is 14.0 Å². The smallest absolute Gasteiger partial charge is 0.324 e. The lowest BCUT2D eigenvalue weighted by Crippen LogP contribution is -1.94. The van der Waals surface area contributed by atoms with Crippen molar-refractivity contribution in [1.29, 1.82) is 0 Å². The number of hydrogen-bond donors (Lipinski definition) is 1. The molecule has 0 aromatic rings. The molecule has 4 heteroatoms. The second kappa shape index (κ2) is 6.02. The molecule has 0 aromatic carbocycles. The third-order valence-electron chi connectivity index (χ3n) is 1.16. The Kier molecular flexibility index (Phi) is 5.74. The maximum atomic E-state index is 11.1. The summed E-state index contributed by atoms with van der Waals surface area (Å²) < 4.78 is 15.7. The average Bonchev–Trinajstić information content (AvgIpc) is 2.01. The van der Waals surface area contributed by atoms with Gasteiger partial charge in [-0.3, -0.25) is 4.57 Å². The van der Waals surface area contributed by atoms with E-state index in [-0.39, 0.29) is 12.8 Å². The van der Waals surface area contributed by atoms with Crippen LogP contribution in [0, 0.1) is 12.3 Å². The Bertz CT molecular complexity index is 217. The van der Waals surface area contributed by atoms with Crippen LogP contribution in [0.5, 0.6) is 0 Å². The highest BCUT2D eigenvalue weighted by Gasteiger charge is 2.16. The molecular formula is C8H13O3P. The molecule has 0 aliphatic carbocycles. The van der Waals surface area contributed by atoms with Gasteiger partial charge in [0.2, 0.25) is 0 Å². The third-order valence-corrected chi connectivity index (χ3v) is 2.59. The molecule has 0 bridgehead atoms. The standard InChI is InChI=1S/C8H13O3P/c1-3-5-6-8-12(9,10)11-7-4-2/h1,4H,2,5-8H2,(H,9,10). The van der Waals surface area contributed by atoms with Crippen LogP contribution in [0.4, 0.5) is 0 Å². The fourth-order valence-corrected chi connectivity index (χ4v) is 1.64. The van der Waals surface area contributed by atoms with E-state index in [1.54, 1.807) is 0 Å². The fourth-order valence-electron chi connectivity index (χ4n) is 0.615. The Balaban J connectivity index is 3.65. The van der Waals surface area contributed by atoms with Crippen molar-refractivity contribution in [3.63, 3.8) is 0 Å². The second-order valence-electron chi connectivity index (χ2n) is 2.25. The molecule has 0 saturated heterocycles. The maximum Gasteiger partial charge on any atom is 0.328 e. The van der Waals surface area contributed by atoms with Gasteiger partial charge in [-0.15, -0.1) is 18.9 Å². The number of terminal acetylenes is 1. The number of unbranched alkanes of at least 4 members (excludes halogenated alkanes) is 1. The molecule has 12 heavy (non-hydrogen) atoms. The molecule has 0 heterocycles. The van der Waals surface area contributed by atoms with Crippen molar-refractivity contribution in [3.05, 3.63) is 12.7 Å². The van der Waals surface area contributed by atoms with E-state index in [4.69, 9.17) is 11.3 Å². The van der Waals surface area contributed by atoms with Gasteiger partial charge in [-0.25, -0.2) is 0 Å². The molecule has 0 aromatic heterocycles. The van der Waals surface area contributed by atoms with E-state index in [0.29, 0.717) is 12.8 Å². The van der Waals surface area contributed by atoms with E-state index >= 15 is 0 Å². The molecule has 0 aliphatic rings. The predicted molar refractivity (Wildman–Crippen MR) is 48.9 cm³/mol.